The van der Waals surface area contributed by atoms with E-state index in [1.807, 2.05) is 17.8 Å². The average Bonchev–Trinajstić information content (AvgIpc) is 2.59. The van der Waals surface area contributed by atoms with E-state index in [4.69, 9.17) is 5.73 Å². The summed E-state index contributed by atoms with van der Waals surface area (Å²) in [4.78, 5) is 8.61. The number of pyridine rings is 1. The molecule has 0 aliphatic heterocycles. The Morgan fingerprint density at radius 1 is 1.50 bits per heavy atom. The van der Waals surface area contributed by atoms with E-state index in [9.17, 15) is 0 Å². The molecule has 0 bridgehead atoms. The van der Waals surface area contributed by atoms with Crippen molar-refractivity contribution < 1.29 is 0 Å². The molecule has 2 aromatic rings. The molecule has 0 aliphatic carbocycles. The van der Waals surface area contributed by atoms with Gasteiger partial charge in [0.05, 0.1) is 6.33 Å². The summed E-state index contributed by atoms with van der Waals surface area (Å²) >= 11 is 0. The molecular formula is C10H14N4. The lowest BCUT2D eigenvalue weighted by molar-refractivity contribution is 0.770. The Labute approximate surface area is 82.8 Å². The first-order valence-corrected chi connectivity index (χ1v) is 4.69. The third kappa shape index (κ3) is 1.37. The molecule has 0 spiro atoms. The molecule has 4 heteroatoms. The molecule has 0 amide bonds. The second-order valence-electron chi connectivity index (χ2n) is 3.60. The van der Waals surface area contributed by atoms with Gasteiger partial charge < -0.3 is 10.3 Å². The first-order chi connectivity index (χ1) is 6.72. The molecule has 0 radical (unpaired) electrons. The van der Waals surface area contributed by atoms with E-state index < -0.39 is 0 Å². The van der Waals surface area contributed by atoms with Crippen molar-refractivity contribution in [1.29, 1.82) is 0 Å². The summed E-state index contributed by atoms with van der Waals surface area (Å²) in [5, 5.41) is 0. The Kier molecular flexibility index (Phi) is 2.21. The van der Waals surface area contributed by atoms with Crippen LogP contribution in [-0.4, -0.2) is 21.1 Å². The zero-order valence-corrected chi connectivity index (χ0v) is 8.44. The van der Waals surface area contributed by atoms with E-state index >= 15 is 0 Å². The summed E-state index contributed by atoms with van der Waals surface area (Å²) in [6, 6.07) is 2.06. The number of hydrogen-bond donors (Lipinski definition) is 1. The van der Waals surface area contributed by atoms with Crippen LogP contribution >= 0.6 is 0 Å². The van der Waals surface area contributed by atoms with Crippen molar-refractivity contribution in [2.75, 3.05) is 6.54 Å². The molecule has 1 unspecified atom stereocenters. The zero-order valence-electron chi connectivity index (χ0n) is 8.44. The van der Waals surface area contributed by atoms with Crippen LogP contribution in [-0.2, 0) is 7.05 Å². The Morgan fingerprint density at radius 2 is 2.29 bits per heavy atom. The van der Waals surface area contributed by atoms with Crippen molar-refractivity contribution in [3.8, 4) is 0 Å². The molecule has 14 heavy (non-hydrogen) atoms. The molecule has 2 rings (SSSR count). The third-order valence-corrected chi connectivity index (χ3v) is 2.50. The molecule has 0 aromatic carbocycles. The van der Waals surface area contributed by atoms with Gasteiger partial charge in [0.1, 0.15) is 5.52 Å². The van der Waals surface area contributed by atoms with E-state index in [-0.39, 0.29) is 0 Å². The highest BCUT2D eigenvalue weighted by Gasteiger charge is 2.07. The highest BCUT2D eigenvalue weighted by molar-refractivity contribution is 5.71. The molecule has 0 fully saturated rings. The number of aromatic nitrogens is 3. The fraction of sp³-hybridized carbons (Fsp3) is 0.400. The van der Waals surface area contributed by atoms with Gasteiger partial charge in [-0.15, -0.1) is 0 Å². The van der Waals surface area contributed by atoms with Gasteiger partial charge in [0.2, 0.25) is 0 Å². The number of nitrogens with zero attached hydrogens (tertiary/aromatic N) is 3. The van der Waals surface area contributed by atoms with Crippen molar-refractivity contribution in [3.05, 3.63) is 24.2 Å². The van der Waals surface area contributed by atoms with Gasteiger partial charge in [-0.1, -0.05) is 6.92 Å². The summed E-state index contributed by atoms with van der Waals surface area (Å²) in [6.07, 6.45) is 3.65. The number of rotatable bonds is 2. The van der Waals surface area contributed by atoms with Crippen LogP contribution in [0.4, 0.5) is 0 Å². The van der Waals surface area contributed by atoms with E-state index in [1.54, 1.807) is 6.33 Å². The van der Waals surface area contributed by atoms with E-state index in [2.05, 4.69) is 23.0 Å². The Hall–Kier alpha value is -1.42. The maximum Gasteiger partial charge on any atom is 0.159 e. The van der Waals surface area contributed by atoms with Gasteiger partial charge in [-0.05, 0) is 24.1 Å². The topological polar surface area (TPSA) is 56.7 Å². The second-order valence-corrected chi connectivity index (χ2v) is 3.60. The summed E-state index contributed by atoms with van der Waals surface area (Å²) in [6.45, 7) is 2.73. The first-order valence-electron chi connectivity index (χ1n) is 4.69. The van der Waals surface area contributed by atoms with Crippen molar-refractivity contribution >= 4 is 11.2 Å². The Balaban J connectivity index is 2.52. The molecule has 2 N–H and O–H groups in total. The minimum atomic E-state index is 0.342. The number of nitrogens with two attached hydrogens (primary N) is 1. The molecule has 2 aromatic heterocycles. The van der Waals surface area contributed by atoms with Crippen LogP contribution in [0.15, 0.2) is 18.6 Å². The zero-order chi connectivity index (χ0) is 10.1. The monoisotopic (exact) mass is 190 g/mol. The van der Waals surface area contributed by atoms with E-state index in [1.165, 1.54) is 0 Å². The van der Waals surface area contributed by atoms with Crippen LogP contribution in [0.5, 0.6) is 0 Å². The maximum atomic E-state index is 5.60. The summed E-state index contributed by atoms with van der Waals surface area (Å²) < 4.78 is 1.91. The minimum absolute atomic E-state index is 0.342. The summed E-state index contributed by atoms with van der Waals surface area (Å²) in [5.74, 6) is 0.342. The van der Waals surface area contributed by atoms with Gasteiger partial charge in [-0.25, -0.2) is 9.97 Å². The summed E-state index contributed by atoms with van der Waals surface area (Å²) in [7, 11) is 1.94. The van der Waals surface area contributed by atoms with E-state index in [0.717, 1.165) is 16.7 Å². The fourth-order valence-electron chi connectivity index (χ4n) is 1.44. The minimum Gasteiger partial charge on any atom is -0.330 e. The van der Waals surface area contributed by atoms with Crippen molar-refractivity contribution in [2.24, 2.45) is 12.8 Å². The van der Waals surface area contributed by atoms with Crippen LogP contribution in [0.2, 0.25) is 0 Å². The van der Waals surface area contributed by atoms with Gasteiger partial charge in [0.25, 0.3) is 0 Å². The predicted molar refractivity (Wildman–Crippen MR) is 56.0 cm³/mol. The lowest BCUT2D eigenvalue weighted by atomic mass is 10.0. The lowest BCUT2D eigenvalue weighted by Crippen LogP contribution is -2.09. The quantitative estimate of drug-likeness (QED) is 0.769. The van der Waals surface area contributed by atoms with Gasteiger partial charge in [-0.3, -0.25) is 0 Å². The number of fused-ring (bicyclic) bond motifs is 1. The molecule has 2 heterocycles. The van der Waals surface area contributed by atoms with Crippen molar-refractivity contribution in [3.63, 3.8) is 0 Å². The molecule has 0 saturated heterocycles. The van der Waals surface area contributed by atoms with Gasteiger partial charge in [0.15, 0.2) is 5.65 Å². The number of aryl methyl sites for hydroxylation is 1. The predicted octanol–water partition coefficient (Wildman–Crippen LogP) is 1.03. The normalized spacial score (nSPS) is 13.4. The van der Waals surface area contributed by atoms with Crippen LogP contribution < -0.4 is 5.73 Å². The highest BCUT2D eigenvalue weighted by Crippen LogP contribution is 2.17. The van der Waals surface area contributed by atoms with Crippen LogP contribution in [0.1, 0.15) is 18.4 Å². The molecule has 74 valence electrons. The lowest BCUT2D eigenvalue weighted by Gasteiger charge is -2.07. The molecule has 0 aliphatic rings. The second kappa shape index (κ2) is 3.38. The highest BCUT2D eigenvalue weighted by atomic mass is 15.1. The SMILES string of the molecule is CC(CN)c1cnc2c(c1)ncn2C. The van der Waals surface area contributed by atoms with Gasteiger partial charge >= 0.3 is 0 Å². The molecule has 1 atom stereocenters. The average molecular weight is 190 g/mol. The standard InChI is InChI=1S/C10H14N4/c1-7(4-11)8-3-9-10(12-5-8)14(2)6-13-9/h3,5-7H,4,11H2,1-2H3. The maximum absolute atomic E-state index is 5.60. The van der Waals surface area contributed by atoms with Crippen LogP contribution in [0.3, 0.4) is 0 Å². The van der Waals surface area contributed by atoms with Crippen molar-refractivity contribution in [1.82, 2.24) is 14.5 Å². The first kappa shape index (κ1) is 9.15. The Bertz CT molecular complexity index is 446. The van der Waals surface area contributed by atoms with E-state index in [0.29, 0.717) is 12.5 Å². The smallest absolute Gasteiger partial charge is 0.159 e. The Morgan fingerprint density at radius 3 is 3.00 bits per heavy atom. The summed E-state index contributed by atoms with van der Waals surface area (Å²) in [5.41, 5.74) is 8.60. The fourth-order valence-corrected chi connectivity index (χ4v) is 1.44. The number of hydrogen-bond acceptors (Lipinski definition) is 3. The third-order valence-electron chi connectivity index (χ3n) is 2.50. The molecular weight excluding hydrogens is 176 g/mol. The molecule has 0 saturated carbocycles. The van der Waals surface area contributed by atoms with Gasteiger partial charge in [0, 0.05) is 13.2 Å². The largest absolute Gasteiger partial charge is 0.330 e. The van der Waals surface area contributed by atoms with Crippen LogP contribution in [0, 0.1) is 0 Å². The van der Waals surface area contributed by atoms with Crippen molar-refractivity contribution in [2.45, 2.75) is 12.8 Å². The molecule has 4 nitrogen and oxygen atoms in total. The van der Waals surface area contributed by atoms with Gasteiger partial charge in [-0.2, -0.15) is 0 Å². The number of imidazole rings is 1. The van der Waals surface area contributed by atoms with Crippen LogP contribution in [0.25, 0.3) is 11.2 Å².